The summed E-state index contributed by atoms with van der Waals surface area (Å²) in [6.07, 6.45) is 0. The molecule has 0 amide bonds. The van der Waals surface area contributed by atoms with Crippen molar-refractivity contribution in [2.75, 3.05) is 4.90 Å². The third kappa shape index (κ3) is 5.20. The van der Waals surface area contributed by atoms with Crippen molar-refractivity contribution in [3.63, 3.8) is 0 Å². The summed E-state index contributed by atoms with van der Waals surface area (Å²) in [5, 5.41) is 9.33. The Bertz CT molecular complexity index is 3700. The molecule has 0 fully saturated rings. The van der Waals surface area contributed by atoms with Crippen LogP contribution in [0.2, 0.25) is 0 Å². The van der Waals surface area contributed by atoms with Crippen molar-refractivity contribution in [1.82, 2.24) is 4.57 Å². The van der Waals surface area contributed by atoms with Crippen molar-refractivity contribution in [3.8, 4) is 27.9 Å². The molecular weight excluding hydrogens is 757 g/mol. The molecule has 4 heteroatoms. The number of para-hydroxylation sites is 6. The molecule has 3 aromatic heterocycles. The second-order valence-corrected chi connectivity index (χ2v) is 16.0. The zero-order valence-corrected chi connectivity index (χ0v) is 33.5. The van der Waals surface area contributed by atoms with Gasteiger partial charge in [-0.25, -0.2) is 0 Å². The van der Waals surface area contributed by atoms with Gasteiger partial charge in [-0.05, 0) is 82.6 Å². The van der Waals surface area contributed by atoms with Gasteiger partial charge in [0.05, 0.1) is 16.7 Å². The monoisotopic (exact) mass is 792 g/mol. The Morgan fingerprint density at radius 1 is 0.371 bits per heavy atom. The first-order chi connectivity index (χ1) is 30.8. The molecule has 0 bridgehead atoms. The van der Waals surface area contributed by atoms with Gasteiger partial charge < -0.3 is 18.3 Å². The Balaban J connectivity index is 1.05. The van der Waals surface area contributed by atoms with E-state index in [-0.39, 0.29) is 0 Å². The van der Waals surface area contributed by atoms with Crippen LogP contribution in [0.4, 0.5) is 17.1 Å². The lowest BCUT2D eigenvalue weighted by molar-refractivity contribution is 0.669. The molecule has 0 aliphatic rings. The Labute approximate surface area is 356 Å². The summed E-state index contributed by atoms with van der Waals surface area (Å²) in [5.74, 6) is 0. The zero-order chi connectivity index (χ0) is 40.7. The molecule has 0 N–H and O–H groups in total. The van der Waals surface area contributed by atoms with E-state index in [1.54, 1.807) is 0 Å². The van der Waals surface area contributed by atoms with Gasteiger partial charge in [0.1, 0.15) is 22.3 Å². The Kier molecular flexibility index (Phi) is 7.57. The molecular formula is C58H36N2O2. The first kappa shape index (κ1) is 34.5. The maximum atomic E-state index is 6.50. The van der Waals surface area contributed by atoms with E-state index in [9.17, 15) is 0 Å². The summed E-state index contributed by atoms with van der Waals surface area (Å²) in [6.45, 7) is 0. The van der Waals surface area contributed by atoms with Crippen LogP contribution >= 0.6 is 0 Å². The highest BCUT2D eigenvalue weighted by molar-refractivity contribution is 6.25. The molecule has 0 radical (unpaired) electrons. The number of nitrogens with zero attached hydrogens (tertiary/aromatic N) is 2. The molecule has 10 aromatic carbocycles. The van der Waals surface area contributed by atoms with E-state index in [0.717, 1.165) is 99.9 Å². The average Bonchev–Trinajstić information content (AvgIpc) is 4.03. The van der Waals surface area contributed by atoms with Gasteiger partial charge in [0.2, 0.25) is 0 Å². The SMILES string of the molecule is c1ccc(-n2c3ccccc3c3c4ccccc4cc(N(c4ccc(-c5cccc6c5oc5ccccc56)cc4)c4ccc(-c5cccc6c5oc5ccccc56)cc4)c32)cc1. The number of rotatable bonds is 6. The molecule has 0 saturated heterocycles. The molecule has 62 heavy (non-hydrogen) atoms. The molecule has 0 unspecified atom stereocenters. The smallest absolute Gasteiger partial charge is 0.143 e. The van der Waals surface area contributed by atoms with Crippen LogP contribution < -0.4 is 4.90 Å². The fourth-order valence-electron chi connectivity index (χ4n) is 9.79. The predicted molar refractivity (Wildman–Crippen MR) is 258 cm³/mol. The van der Waals surface area contributed by atoms with Crippen LogP contribution in [0.1, 0.15) is 0 Å². The highest BCUT2D eigenvalue weighted by Gasteiger charge is 2.24. The summed E-state index contributed by atoms with van der Waals surface area (Å²) in [5.41, 5.74) is 14.5. The average molecular weight is 793 g/mol. The standard InChI is InChI=1S/C58H36N2O2/c1-2-15-40(16-3-1)60-51-25-9-6-20-50(51)55-43-17-5-4-14-39(43)36-52(56(55)60)59(41-32-28-37(29-33-41)44-21-12-23-48-46-18-7-10-26-53(46)61-57(44)48)42-34-30-38(31-35-42)45-22-13-24-49-47-19-8-11-27-54(47)62-58(45)49/h1-36H. The lowest BCUT2D eigenvalue weighted by Gasteiger charge is -2.28. The van der Waals surface area contributed by atoms with Crippen molar-refractivity contribution >= 4 is 93.5 Å². The number of anilines is 3. The van der Waals surface area contributed by atoms with Crippen LogP contribution in [0.25, 0.3) is 104 Å². The van der Waals surface area contributed by atoms with Crippen LogP contribution in [0.15, 0.2) is 227 Å². The summed E-state index contributed by atoms with van der Waals surface area (Å²) < 4.78 is 15.4. The topological polar surface area (TPSA) is 34.5 Å². The molecule has 0 spiro atoms. The fraction of sp³-hybridized carbons (Fsp3) is 0. The fourth-order valence-corrected chi connectivity index (χ4v) is 9.79. The third-order valence-electron chi connectivity index (χ3n) is 12.6. The predicted octanol–water partition coefficient (Wildman–Crippen LogP) is 16.5. The van der Waals surface area contributed by atoms with Gasteiger partial charge >= 0.3 is 0 Å². The van der Waals surface area contributed by atoms with Gasteiger partial charge in [-0.2, -0.15) is 0 Å². The normalized spacial score (nSPS) is 11.9. The van der Waals surface area contributed by atoms with Gasteiger partial charge in [-0.15, -0.1) is 0 Å². The molecule has 13 aromatic rings. The summed E-state index contributed by atoms with van der Waals surface area (Å²) in [4.78, 5) is 2.42. The number of hydrogen-bond donors (Lipinski definition) is 0. The lowest BCUT2D eigenvalue weighted by Crippen LogP contribution is -2.12. The highest BCUT2D eigenvalue weighted by Crippen LogP contribution is 2.48. The largest absolute Gasteiger partial charge is 0.455 e. The number of fused-ring (bicyclic) bond motifs is 11. The number of furan rings is 2. The van der Waals surface area contributed by atoms with Crippen molar-refractivity contribution in [2.24, 2.45) is 0 Å². The van der Waals surface area contributed by atoms with Crippen molar-refractivity contribution in [1.29, 1.82) is 0 Å². The quantitative estimate of drug-likeness (QED) is 0.168. The van der Waals surface area contributed by atoms with E-state index >= 15 is 0 Å². The Morgan fingerprint density at radius 2 is 0.855 bits per heavy atom. The van der Waals surface area contributed by atoms with Crippen molar-refractivity contribution in [3.05, 3.63) is 218 Å². The van der Waals surface area contributed by atoms with Crippen LogP contribution in [0.3, 0.4) is 0 Å². The number of hydrogen-bond acceptors (Lipinski definition) is 3. The highest BCUT2D eigenvalue weighted by atomic mass is 16.3. The minimum atomic E-state index is 0.895. The van der Waals surface area contributed by atoms with Gasteiger partial charge in [-0.3, -0.25) is 0 Å². The molecule has 4 nitrogen and oxygen atoms in total. The van der Waals surface area contributed by atoms with E-state index in [1.165, 1.54) is 21.5 Å². The van der Waals surface area contributed by atoms with E-state index in [0.29, 0.717) is 0 Å². The minimum absolute atomic E-state index is 0.895. The minimum Gasteiger partial charge on any atom is -0.455 e. The van der Waals surface area contributed by atoms with Gasteiger partial charge in [-0.1, -0.05) is 158 Å². The third-order valence-corrected chi connectivity index (χ3v) is 12.6. The number of aromatic nitrogens is 1. The van der Waals surface area contributed by atoms with Crippen LogP contribution in [-0.4, -0.2) is 4.57 Å². The van der Waals surface area contributed by atoms with Crippen LogP contribution in [0.5, 0.6) is 0 Å². The second kappa shape index (κ2) is 13.6. The molecule has 0 saturated carbocycles. The van der Waals surface area contributed by atoms with E-state index in [4.69, 9.17) is 8.83 Å². The zero-order valence-electron chi connectivity index (χ0n) is 33.5. The molecule has 13 rings (SSSR count). The van der Waals surface area contributed by atoms with Gasteiger partial charge in [0.15, 0.2) is 0 Å². The van der Waals surface area contributed by atoms with Crippen molar-refractivity contribution < 1.29 is 8.83 Å². The summed E-state index contributed by atoms with van der Waals surface area (Å²) >= 11 is 0. The molecule has 290 valence electrons. The van der Waals surface area contributed by atoms with Gasteiger partial charge in [0.25, 0.3) is 0 Å². The second-order valence-electron chi connectivity index (χ2n) is 16.0. The van der Waals surface area contributed by atoms with E-state index < -0.39 is 0 Å². The number of benzene rings is 10. The first-order valence-electron chi connectivity index (χ1n) is 21.1. The maximum Gasteiger partial charge on any atom is 0.143 e. The van der Waals surface area contributed by atoms with Crippen molar-refractivity contribution in [2.45, 2.75) is 0 Å². The lowest BCUT2D eigenvalue weighted by atomic mass is 9.99. The molecule has 0 aliphatic carbocycles. The van der Waals surface area contributed by atoms with E-state index in [2.05, 4.69) is 204 Å². The van der Waals surface area contributed by atoms with E-state index in [1.807, 2.05) is 24.3 Å². The molecule has 3 heterocycles. The molecule has 0 aliphatic heterocycles. The van der Waals surface area contributed by atoms with Crippen LogP contribution in [-0.2, 0) is 0 Å². The molecule has 0 atom stereocenters. The Hall–Kier alpha value is -8.34. The summed E-state index contributed by atoms with van der Waals surface area (Å²) in [7, 11) is 0. The van der Waals surface area contributed by atoms with Gasteiger partial charge in [0, 0.05) is 60.5 Å². The maximum absolute atomic E-state index is 6.50. The summed E-state index contributed by atoms with van der Waals surface area (Å²) in [6, 6.07) is 78.0. The van der Waals surface area contributed by atoms with Crippen LogP contribution in [0, 0.1) is 0 Å². The first-order valence-corrected chi connectivity index (χ1v) is 21.1. The Morgan fingerprint density at radius 3 is 1.45 bits per heavy atom.